The fraction of sp³-hybridized carbons (Fsp3) is 0.150. The van der Waals surface area contributed by atoms with E-state index in [1.807, 2.05) is 61.5 Å². The van der Waals surface area contributed by atoms with Crippen LogP contribution in [-0.4, -0.2) is 19.7 Å². The smallest absolute Gasteiger partial charge is 0.349 e. The van der Waals surface area contributed by atoms with Crippen LogP contribution in [0.25, 0.3) is 10.8 Å². The molecule has 0 atom stereocenters. The van der Waals surface area contributed by atoms with Gasteiger partial charge in [-0.25, -0.2) is 4.79 Å². The first kappa shape index (κ1) is 15.9. The van der Waals surface area contributed by atoms with Crippen molar-refractivity contribution >= 4 is 16.7 Å². The minimum Gasteiger partial charge on any atom is -0.497 e. The van der Waals surface area contributed by atoms with Crippen molar-refractivity contribution < 1.29 is 19.0 Å². The van der Waals surface area contributed by atoms with Gasteiger partial charge in [0.25, 0.3) is 0 Å². The summed E-state index contributed by atoms with van der Waals surface area (Å²) in [5, 5.41) is 1.99. The molecule has 4 nitrogen and oxygen atoms in total. The van der Waals surface area contributed by atoms with E-state index in [1.165, 1.54) is 0 Å². The number of hydrogen-bond acceptors (Lipinski definition) is 4. The van der Waals surface area contributed by atoms with E-state index >= 15 is 0 Å². The summed E-state index contributed by atoms with van der Waals surface area (Å²) in [7, 11) is 1.62. The van der Waals surface area contributed by atoms with Crippen LogP contribution in [0.2, 0.25) is 0 Å². The van der Waals surface area contributed by atoms with Gasteiger partial charge < -0.3 is 14.2 Å². The van der Waals surface area contributed by atoms with Gasteiger partial charge in [-0.15, -0.1) is 0 Å². The molecule has 3 rings (SSSR count). The Labute approximate surface area is 140 Å². The first-order chi connectivity index (χ1) is 11.6. The van der Waals surface area contributed by atoms with Gasteiger partial charge in [0.05, 0.1) is 7.11 Å². The third-order valence-electron chi connectivity index (χ3n) is 3.63. The first-order valence-corrected chi connectivity index (χ1v) is 7.62. The fourth-order valence-corrected chi connectivity index (χ4v) is 2.33. The highest BCUT2D eigenvalue weighted by atomic mass is 16.6. The van der Waals surface area contributed by atoms with Crippen molar-refractivity contribution in [2.24, 2.45) is 0 Å². The van der Waals surface area contributed by atoms with Gasteiger partial charge in [0.15, 0.2) is 6.61 Å². The summed E-state index contributed by atoms with van der Waals surface area (Å²) in [5.41, 5.74) is 1.14. The lowest BCUT2D eigenvalue weighted by Crippen LogP contribution is -2.17. The van der Waals surface area contributed by atoms with Crippen molar-refractivity contribution in [3.05, 3.63) is 66.2 Å². The summed E-state index contributed by atoms with van der Waals surface area (Å²) in [6.07, 6.45) is 0. The zero-order valence-electron chi connectivity index (χ0n) is 13.6. The second kappa shape index (κ2) is 7.04. The third-order valence-corrected chi connectivity index (χ3v) is 3.63. The molecular weight excluding hydrogens is 304 g/mol. The lowest BCUT2D eigenvalue weighted by atomic mass is 10.1. The van der Waals surface area contributed by atoms with Gasteiger partial charge in [-0.2, -0.15) is 0 Å². The summed E-state index contributed by atoms with van der Waals surface area (Å²) < 4.78 is 16.0. The SMILES string of the molecule is COc1ccc2ccc(OC(=O)COc3ccc(C)cc3)cc2c1. The molecular formula is C20H18O4. The van der Waals surface area contributed by atoms with Crippen LogP contribution in [0.4, 0.5) is 0 Å². The molecule has 0 spiro atoms. The summed E-state index contributed by atoms with van der Waals surface area (Å²) in [4.78, 5) is 11.9. The molecule has 0 saturated heterocycles. The highest BCUT2D eigenvalue weighted by molar-refractivity contribution is 5.86. The Balaban J connectivity index is 1.65. The minimum absolute atomic E-state index is 0.140. The minimum atomic E-state index is -0.446. The van der Waals surface area contributed by atoms with E-state index in [2.05, 4.69) is 0 Å². The molecule has 0 aromatic heterocycles. The second-order valence-electron chi connectivity index (χ2n) is 5.45. The van der Waals surface area contributed by atoms with E-state index in [-0.39, 0.29) is 6.61 Å². The topological polar surface area (TPSA) is 44.8 Å². The first-order valence-electron chi connectivity index (χ1n) is 7.62. The molecule has 0 bridgehead atoms. The predicted octanol–water partition coefficient (Wildman–Crippen LogP) is 4.14. The maximum atomic E-state index is 11.9. The molecule has 0 N–H and O–H groups in total. The lowest BCUT2D eigenvalue weighted by molar-refractivity contribution is -0.136. The Kier molecular flexibility index (Phi) is 4.66. The van der Waals surface area contributed by atoms with Crippen molar-refractivity contribution in [3.8, 4) is 17.2 Å². The number of methoxy groups -OCH3 is 1. The highest BCUT2D eigenvalue weighted by Crippen LogP contribution is 2.25. The summed E-state index contributed by atoms with van der Waals surface area (Å²) in [6.45, 7) is 1.85. The summed E-state index contributed by atoms with van der Waals surface area (Å²) >= 11 is 0. The number of ether oxygens (including phenoxy) is 3. The Morgan fingerprint density at radius 2 is 1.46 bits per heavy atom. The van der Waals surface area contributed by atoms with E-state index in [1.54, 1.807) is 13.2 Å². The van der Waals surface area contributed by atoms with E-state index in [0.717, 1.165) is 22.1 Å². The Hall–Kier alpha value is -3.01. The van der Waals surface area contributed by atoms with E-state index in [4.69, 9.17) is 14.2 Å². The molecule has 0 amide bonds. The van der Waals surface area contributed by atoms with Crippen LogP contribution < -0.4 is 14.2 Å². The number of carbonyl (C=O) groups is 1. The van der Waals surface area contributed by atoms with Gasteiger partial charge in [0.1, 0.15) is 17.2 Å². The highest BCUT2D eigenvalue weighted by Gasteiger charge is 2.07. The fourth-order valence-electron chi connectivity index (χ4n) is 2.33. The molecule has 0 aliphatic rings. The molecule has 0 fully saturated rings. The molecule has 3 aromatic rings. The number of rotatable bonds is 5. The van der Waals surface area contributed by atoms with E-state index < -0.39 is 5.97 Å². The van der Waals surface area contributed by atoms with Gasteiger partial charge in [0.2, 0.25) is 0 Å². The van der Waals surface area contributed by atoms with E-state index in [0.29, 0.717) is 11.5 Å². The number of esters is 1. The average molecular weight is 322 g/mol. The monoisotopic (exact) mass is 322 g/mol. The molecule has 0 saturated carbocycles. The van der Waals surface area contributed by atoms with Gasteiger partial charge in [0, 0.05) is 0 Å². The van der Waals surface area contributed by atoms with E-state index in [9.17, 15) is 4.79 Å². The van der Waals surface area contributed by atoms with Crippen LogP contribution in [0.1, 0.15) is 5.56 Å². The number of hydrogen-bond donors (Lipinski definition) is 0. The van der Waals surface area contributed by atoms with Crippen LogP contribution in [0.3, 0.4) is 0 Å². The molecule has 0 unspecified atom stereocenters. The maximum Gasteiger partial charge on any atom is 0.349 e. The Morgan fingerprint density at radius 3 is 2.17 bits per heavy atom. The molecule has 24 heavy (non-hydrogen) atoms. The van der Waals surface area contributed by atoms with Crippen LogP contribution in [0.5, 0.6) is 17.2 Å². The molecule has 3 aromatic carbocycles. The standard InChI is InChI=1S/C20H18O4/c1-14-3-7-17(8-4-14)23-13-20(21)24-19-10-6-15-5-9-18(22-2)11-16(15)12-19/h3-12H,13H2,1-2H3. The van der Waals surface area contributed by atoms with Crippen molar-refractivity contribution in [1.29, 1.82) is 0 Å². The molecule has 122 valence electrons. The van der Waals surface area contributed by atoms with Crippen molar-refractivity contribution in [1.82, 2.24) is 0 Å². The quantitative estimate of drug-likeness (QED) is 0.523. The largest absolute Gasteiger partial charge is 0.497 e. The molecule has 4 heteroatoms. The van der Waals surface area contributed by atoms with Crippen LogP contribution in [0.15, 0.2) is 60.7 Å². The Bertz CT molecular complexity index is 853. The maximum absolute atomic E-state index is 11.9. The summed E-state index contributed by atoms with van der Waals surface area (Å²) in [5.74, 6) is 1.43. The lowest BCUT2D eigenvalue weighted by Gasteiger charge is -2.08. The van der Waals surface area contributed by atoms with Crippen LogP contribution >= 0.6 is 0 Å². The average Bonchev–Trinajstić information content (AvgIpc) is 2.60. The van der Waals surface area contributed by atoms with Gasteiger partial charge in [-0.05, 0) is 54.1 Å². The molecule has 0 radical (unpaired) electrons. The second-order valence-corrected chi connectivity index (χ2v) is 5.45. The van der Waals surface area contributed by atoms with Crippen molar-refractivity contribution in [3.63, 3.8) is 0 Å². The number of aryl methyl sites for hydroxylation is 1. The number of carbonyl (C=O) groups excluding carboxylic acids is 1. The third kappa shape index (κ3) is 3.84. The van der Waals surface area contributed by atoms with Gasteiger partial charge >= 0.3 is 5.97 Å². The van der Waals surface area contributed by atoms with Gasteiger partial charge in [-0.3, -0.25) is 0 Å². The van der Waals surface area contributed by atoms with Crippen molar-refractivity contribution in [2.75, 3.05) is 13.7 Å². The summed E-state index contributed by atoms with van der Waals surface area (Å²) in [6, 6.07) is 18.7. The molecule has 0 heterocycles. The normalized spacial score (nSPS) is 10.4. The van der Waals surface area contributed by atoms with Gasteiger partial charge in [-0.1, -0.05) is 29.8 Å². The number of fused-ring (bicyclic) bond motifs is 1. The van der Waals surface area contributed by atoms with Crippen LogP contribution in [0, 0.1) is 6.92 Å². The zero-order valence-corrected chi connectivity index (χ0v) is 13.6. The van der Waals surface area contributed by atoms with Crippen LogP contribution in [-0.2, 0) is 4.79 Å². The molecule has 0 aliphatic heterocycles. The molecule has 0 aliphatic carbocycles. The Morgan fingerprint density at radius 1 is 0.833 bits per heavy atom. The zero-order chi connectivity index (χ0) is 16.9. The number of benzene rings is 3. The van der Waals surface area contributed by atoms with Crippen molar-refractivity contribution in [2.45, 2.75) is 6.92 Å². The predicted molar refractivity (Wildman–Crippen MR) is 92.8 cm³/mol.